The molecule has 0 saturated heterocycles. The molecular formula is C47H34N4O6. The Bertz CT molecular complexity index is 2930. The van der Waals surface area contributed by atoms with E-state index >= 15 is 0 Å². The van der Waals surface area contributed by atoms with Gasteiger partial charge in [0.2, 0.25) is 0 Å². The van der Waals surface area contributed by atoms with Crippen molar-refractivity contribution in [2.45, 2.75) is 0 Å². The molecule has 0 amide bonds. The number of H-pyrrole nitrogens is 2. The number of methoxy groups -OCH3 is 1. The number of aromatic hydroxyl groups is 3. The number of benzene rings is 4. The van der Waals surface area contributed by atoms with Crippen molar-refractivity contribution in [1.82, 2.24) is 19.9 Å². The first-order valence-electron chi connectivity index (χ1n) is 18.2. The molecule has 10 nitrogen and oxygen atoms in total. The number of esters is 1. The average molecular weight is 751 g/mol. The standard InChI is InChI=1S/C47H34N4O6/c1-56-43(55)26-57-34-13-5-9-30(25-34)47-41-20-18-39(50-41)45(28-7-3-11-32(53)23-28)37-16-14-35(48-37)44(27-6-2-10-31(52)22-27)36-15-17-38(49-36)46(40-19-21-42(47)51-40)29-8-4-12-33(54)24-29/h2-25,48,51-54H,26H2,1H3. The second kappa shape index (κ2) is 14.4. The molecule has 5 N–H and O–H groups in total. The van der Waals surface area contributed by atoms with Gasteiger partial charge in [0, 0.05) is 44.3 Å². The predicted molar refractivity (Wildman–Crippen MR) is 223 cm³/mol. The van der Waals surface area contributed by atoms with Crippen molar-refractivity contribution in [1.29, 1.82) is 0 Å². The number of aromatic amines is 2. The third-order valence-electron chi connectivity index (χ3n) is 9.87. The van der Waals surface area contributed by atoms with E-state index in [2.05, 4.69) is 9.97 Å². The molecule has 10 heteroatoms. The first-order chi connectivity index (χ1) is 27.8. The molecule has 8 bridgehead atoms. The van der Waals surface area contributed by atoms with Crippen LogP contribution < -0.4 is 4.74 Å². The fourth-order valence-corrected chi connectivity index (χ4v) is 7.35. The third kappa shape index (κ3) is 6.76. The summed E-state index contributed by atoms with van der Waals surface area (Å²) in [5.41, 5.74) is 11.6. The van der Waals surface area contributed by atoms with Crippen molar-refractivity contribution in [3.8, 4) is 67.5 Å². The minimum absolute atomic E-state index is 0.111. The van der Waals surface area contributed by atoms with Gasteiger partial charge < -0.3 is 34.8 Å². The number of carbonyl (C=O) groups excluding carboxylic acids is 1. The van der Waals surface area contributed by atoms with Crippen LogP contribution in [0.5, 0.6) is 23.0 Å². The van der Waals surface area contributed by atoms with Gasteiger partial charge in [0.1, 0.15) is 23.0 Å². The molecule has 0 aliphatic carbocycles. The average Bonchev–Trinajstić information content (AvgIpc) is 4.05. The Kier molecular flexibility index (Phi) is 8.83. The van der Waals surface area contributed by atoms with Gasteiger partial charge in [0.05, 0.1) is 29.9 Å². The summed E-state index contributed by atoms with van der Waals surface area (Å²) in [5, 5.41) is 31.9. The highest BCUT2D eigenvalue weighted by molar-refractivity contribution is 6.00. The van der Waals surface area contributed by atoms with E-state index in [1.807, 2.05) is 85.0 Å². The highest BCUT2D eigenvalue weighted by atomic mass is 16.6. The first kappa shape index (κ1) is 34.9. The zero-order valence-corrected chi connectivity index (χ0v) is 30.5. The fourth-order valence-electron chi connectivity index (χ4n) is 7.35. The SMILES string of the molecule is COC(=O)COc1cccc(-c2c3nc(c(-c4cccc(O)c4)c4ccc([nH]4)c(-c4cccc(O)c4)c4nc(c(-c5cccc(O)c5)c5ccc2[nH]5)C=C4)C=C3)c1. The number of nitrogens with one attached hydrogen (secondary N) is 2. The van der Waals surface area contributed by atoms with Gasteiger partial charge in [-0.15, -0.1) is 0 Å². The van der Waals surface area contributed by atoms with Gasteiger partial charge in [-0.1, -0.05) is 48.5 Å². The summed E-state index contributed by atoms with van der Waals surface area (Å²) in [5.74, 6) is 0.313. The number of hydrogen-bond acceptors (Lipinski definition) is 8. The fraction of sp³-hybridized carbons (Fsp3) is 0.0426. The highest BCUT2D eigenvalue weighted by Gasteiger charge is 2.20. The van der Waals surface area contributed by atoms with Crippen LogP contribution in [0.25, 0.3) is 90.9 Å². The van der Waals surface area contributed by atoms with E-state index < -0.39 is 5.97 Å². The van der Waals surface area contributed by atoms with E-state index in [-0.39, 0.29) is 23.9 Å². The van der Waals surface area contributed by atoms with Crippen LogP contribution in [0.1, 0.15) is 22.8 Å². The Balaban J connectivity index is 1.43. The quantitative estimate of drug-likeness (QED) is 0.101. The van der Waals surface area contributed by atoms with E-state index in [1.165, 1.54) is 7.11 Å². The number of carbonyl (C=O) groups is 1. The minimum atomic E-state index is -0.498. The lowest BCUT2D eigenvalue weighted by molar-refractivity contribution is -0.142. The topological polar surface area (TPSA) is 154 Å². The van der Waals surface area contributed by atoms with E-state index in [0.29, 0.717) is 28.5 Å². The molecule has 5 heterocycles. The highest BCUT2D eigenvalue weighted by Crippen LogP contribution is 2.40. The number of nitrogens with zero attached hydrogens (tertiary/aromatic N) is 2. The number of ether oxygens (including phenoxy) is 2. The maximum atomic E-state index is 12.0. The molecule has 0 unspecified atom stereocenters. The van der Waals surface area contributed by atoms with Gasteiger partial charge in [0.25, 0.3) is 0 Å². The summed E-state index contributed by atoms with van der Waals surface area (Å²) in [6.45, 7) is -0.247. The molecule has 278 valence electrons. The molecule has 9 rings (SSSR count). The molecule has 2 aliphatic heterocycles. The summed E-state index contributed by atoms with van der Waals surface area (Å²) in [6, 6.07) is 36.5. The molecule has 0 fully saturated rings. The number of aromatic nitrogens is 4. The molecule has 0 atom stereocenters. The zero-order valence-electron chi connectivity index (χ0n) is 30.5. The van der Waals surface area contributed by atoms with Crippen LogP contribution in [-0.4, -0.2) is 54.9 Å². The largest absolute Gasteiger partial charge is 0.508 e. The summed E-state index contributed by atoms with van der Waals surface area (Å²) < 4.78 is 10.6. The predicted octanol–water partition coefficient (Wildman–Crippen LogP) is 9.99. The van der Waals surface area contributed by atoms with Crippen molar-refractivity contribution in [3.63, 3.8) is 0 Å². The molecule has 0 radical (unpaired) electrons. The molecule has 57 heavy (non-hydrogen) atoms. The summed E-state index contributed by atoms with van der Waals surface area (Å²) in [6.07, 6.45) is 7.79. The van der Waals surface area contributed by atoms with Crippen LogP contribution in [0.4, 0.5) is 0 Å². The maximum absolute atomic E-state index is 12.0. The third-order valence-corrected chi connectivity index (χ3v) is 9.87. The van der Waals surface area contributed by atoms with Crippen LogP contribution in [0.15, 0.2) is 121 Å². The number of phenolic OH excluding ortho intramolecular Hbond substituents is 3. The molecule has 0 spiro atoms. The van der Waals surface area contributed by atoms with Crippen molar-refractivity contribution in [2.75, 3.05) is 13.7 Å². The van der Waals surface area contributed by atoms with Crippen LogP contribution in [-0.2, 0) is 9.53 Å². The molecular weight excluding hydrogens is 717 g/mol. The maximum Gasteiger partial charge on any atom is 0.343 e. The Hall–Kier alpha value is -7.85. The lowest BCUT2D eigenvalue weighted by Gasteiger charge is -2.09. The Labute approximate surface area is 326 Å². The van der Waals surface area contributed by atoms with Gasteiger partial charge in [0.15, 0.2) is 6.61 Å². The van der Waals surface area contributed by atoms with Crippen molar-refractivity contribution >= 4 is 52.3 Å². The summed E-state index contributed by atoms with van der Waals surface area (Å²) >= 11 is 0. The van der Waals surface area contributed by atoms with Crippen LogP contribution in [0.2, 0.25) is 0 Å². The molecule has 0 saturated carbocycles. The second-order valence-electron chi connectivity index (χ2n) is 13.5. The van der Waals surface area contributed by atoms with Crippen LogP contribution >= 0.6 is 0 Å². The lowest BCUT2D eigenvalue weighted by Crippen LogP contribution is -2.12. The smallest absolute Gasteiger partial charge is 0.343 e. The van der Waals surface area contributed by atoms with Crippen molar-refractivity contribution in [3.05, 3.63) is 144 Å². The number of fused-ring (bicyclic) bond motifs is 8. The zero-order chi connectivity index (χ0) is 39.0. The van der Waals surface area contributed by atoms with E-state index in [0.717, 1.165) is 66.6 Å². The molecule has 3 aromatic heterocycles. The Morgan fingerprint density at radius 1 is 0.509 bits per heavy atom. The van der Waals surface area contributed by atoms with E-state index in [4.69, 9.17) is 19.4 Å². The normalized spacial score (nSPS) is 11.8. The molecule has 4 aromatic carbocycles. The monoisotopic (exact) mass is 750 g/mol. The van der Waals surface area contributed by atoms with Crippen LogP contribution in [0.3, 0.4) is 0 Å². The number of phenols is 3. The minimum Gasteiger partial charge on any atom is -0.508 e. The van der Waals surface area contributed by atoms with Gasteiger partial charge in [-0.2, -0.15) is 0 Å². The van der Waals surface area contributed by atoms with E-state index in [1.54, 1.807) is 60.7 Å². The Morgan fingerprint density at radius 2 is 0.860 bits per heavy atom. The van der Waals surface area contributed by atoms with Crippen molar-refractivity contribution < 1.29 is 29.6 Å². The van der Waals surface area contributed by atoms with Crippen LogP contribution in [0, 0.1) is 0 Å². The summed E-state index contributed by atoms with van der Waals surface area (Å²) in [7, 11) is 1.31. The van der Waals surface area contributed by atoms with E-state index in [9.17, 15) is 20.1 Å². The van der Waals surface area contributed by atoms with Gasteiger partial charge in [-0.25, -0.2) is 14.8 Å². The lowest BCUT2D eigenvalue weighted by atomic mass is 10.0. The van der Waals surface area contributed by atoms with Crippen molar-refractivity contribution in [2.24, 2.45) is 0 Å². The van der Waals surface area contributed by atoms with Gasteiger partial charge in [-0.05, 0) is 119 Å². The number of rotatable bonds is 7. The second-order valence-corrected chi connectivity index (χ2v) is 13.5. The Morgan fingerprint density at radius 3 is 1.21 bits per heavy atom. The summed E-state index contributed by atoms with van der Waals surface area (Å²) in [4.78, 5) is 29.7. The first-order valence-corrected chi connectivity index (χ1v) is 18.2. The van der Waals surface area contributed by atoms with Gasteiger partial charge in [-0.3, -0.25) is 0 Å². The number of hydrogen-bond donors (Lipinski definition) is 5. The molecule has 7 aromatic rings. The molecule has 2 aliphatic rings. The van der Waals surface area contributed by atoms with Gasteiger partial charge >= 0.3 is 5.97 Å².